The van der Waals surface area contributed by atoms with E-state index in [1.165, 1.54) is 11.1 Å². The first-order valence-electron chi connectivity index (χ1n) is 6.31. The van der Waals surface area contributed by atoms with Crippen LogP contribution in [0, 0.1) is 11.7 Å². The molecule has 3 rings (SSSR count). The molecule has 1 N–H and O–H groups in total. The van der Waals surface area contributed by atoms with Gasteiger partial charge in [0.15, 0.2) is 4.77 Å². The Bertz CT molecular complexity index is 778. The molecular weight excluding hydrogens is 256 g/mol. The molecule has 0 bridgehead atoms. The molecule has 5 heteroatoms. The molecule has 3 aromatic rings. The number of nitrogens with one attached hydrogen (secondary N) is 1. The van der Waals surface area contributed by atoms with Crippen molar-refractivity contribution in [1.29, 1.82) is 0 Å². The van der Waals surface area contributed by atoms with Crippen molar-refractivity contribution in [2.75, 3.05) is 0 Å². The number of nitrogens with zero attached hydrogens (tertiary/aromatic N) is 3. The zero-order valence-electron chi connectivity index (χ0n) is 11.1. The fraction of sp³-hybridized carbons (Fsp3) is 0.286. The van der Waals surface area contributed by atoms with Crippen molar-refractivity contribution in [1.82, 2.24) is 19.1 Å². The summed E-state index contributed by atoms with van der Waals surface area (Å²) >= 11 is 5.42. The maximum absolute atomic E-state index is 5.42. The van der Waals surface area contributed by atoms with Crippen LogP contribution in [-0.4, -0.2) is 19.1 Å². The number of aromatic nitrogens is 4. The van der Waals surface area contributed by atoms with Crippen molar-refractivity contribution in [3.8, 4) is 0 Å². The number of para-hydroxylation sites is 1. The average molecular weight is 272 g/mol. The Morgan fingerprint density at radius 1 is 1.37 bits per heavy atom. The highest BCUT2D eigenvalue weighted by Gasteiger charge is 2.08. The van der Waals surface area contributed by atoms with Crippen LogP contribution in [0.25, 0.3) is 11.0 Å². The predicted octanol–water partition coefficient (Wildman–Crippen LogP) is 2.98. The van der Waals surface area contributed by atoms with Gasteiger partial charge in [0.05, 0.1) is 11.0 Å². The van der Waals surface area contributed by atoms with E-state index in [1.54, 1.807) is 0 Å². The molecule has 2 heterocycles. The van der Waals surface area contributed by atoms with Crippen LogP contribution < -0.4 is 0 Å². The summed E-state index contributed by atoms with van der Waals surface area (Å²) in [6, 6.07) is 6.23. The van der Waals surface area contributed by atoms with Crippen LogP contribution in [-0.2, 0) is 20.0 Å². The number of rotatable bonds is 3. The SMILES string of the molecule is Cc1cccc2[nH]c(=S)n(CCc3nccn3C)c12. The molecular formula is C14H16N4S. The molecule has 0 aliphatic carbocycles. The van der Waals surface area contributed by atoms with Gasteiger partial charge in [-0.3, -0.25) is 0 Å². The number of benzene rings is 1. The van der Waals surface area contributed by atoms with E-state index >= 15 is 0 Å². The van der Waals surface area contributed by atoms with Gasteiger partial charge in [0.25, 0.3) is 0 Å². The summed E-state index contributed by atoms with van der Waals surface area (Å²) < 4.78 is 4.98. The number of hydrogen-bond acceptors (Lipinski definition) is 2. The molecule has 0 amide bonds. The molecule has 0 radical (unpaired) electrons. The van der Waals surface area contributed by atoms with Gasteiger partial charge in [-0.25, -0.2) is 4.98 Å². The number of aryl methyl sites for hydroxylation is 4. The Hall–Kier alpha value is -1.88. The summed E-state index contributed by atoms with van der Waals surface area (Å²) in [5, 5.41) is 0. The first-order valence-corrected chi connectivity index (χ1v) is 6.72. The maximum atomic E-state index is 5.42. The summed E-state index contributed by atoms with van der Waals surface area (Å²) in [7, 11) is 2.02. The summed E-state index contributed by atoms with van der Waals surface area (Å²) in [6.45, 7) is 2.96. The van der Waals surface area contributed by atoms with E-state index in [0.717, 1.165) is 29.1 Å². The molecule has 0 unspecified atom stereocenters. The van der Waals surface area contributed by atoms with Crippen molar-refractivity contribution in [2.45, 2.75) is 19.9 Å². The fourth-order valence-corrected chi connectivity index (χ4v) is 2.76. The Morgan fingerprint density at radius 3 is 2.95 bits per heavy atom. The molecule has 0 atom stereocenters. The molecule has 1 aromatic carbocycles. The largest absolute Gasteiger partial charge is 0.338 e. The second-order valence-electron chi connectivity index (χ2n) is 4.76. The first-order chi connectivity index (χ1) is 9.16. The monoisotopic (exact) mass is 272 g/mol. The first kappa shape index (κ1) is 12.2. The number of aromatic amines is 1. The molecule has 4 nitrogen and oxygen atoms in total. The molecule has 0 saturated heterocycles. The van der Waals surface area contributed by atoms with Gasteiger partial charge in [0.2, 0.25) is 0 Å². The molecule has 0 aliphatic heterocycles. The van der Waals surface area contributed by atoms with Crippen molar-refractivity contribution in [2.24, 2.45) is 7.05 Å². The van der Waals surface area contributed by atoms with Crippen LogP contribution >= 0.6 is 12.2 Å². The normalized spacial score (nSPS) is 11.3. The zero-order valence-corrected chi connectivity index (χ0v) is 11.9. The fourth-order valence-electron chi connectivity index (χ4n) is 2.46. The van der Waals surface area contributed by atoms with E-state index in [0.29, 0.717) is 0 Å². The topological polar surface area (TPSA) is 38.5 Å². The summed E-state index contributed by atoms with van der Waals surface area (Å²) in [6.07, 6.45) is 4.67. The summed E-state index contributed by atoms with van der Waals surface area (Å²) in [5.74, 6) is 1.07. The van der Waals surface area contributed by atoms with Gasteiger partial charge in [-0.05, 0) is 30.8 Å². The van der Waals surface area contributed by atoms with Gasteiger partial charge in [0, 0.05) is 32.4 Å². The van der Waals surface area contributed by atoms with Gasteiger partial charge in [-0.1, -0.05) is 12.1 Å². The van der Waals surface area contributed by atoms with Crippen molar-refractivity contribution < 1.29 is 0 Å². The molecule has 0 spiro atoms. The minimum absolute atomic E-state index is 0.776. The summed E-state index contributed by atoms with van der Waals surface area (Å²) in [4.78, 5) is 7.62. The lowest BCUT2D eigenvalue weighted by Crippen LogP contribution is -2.06. The number of H-pyrrole nitrogens is 1. The Balaban J connectivity index is 1.99. The highest BCUT2D eigenvalue weighted by molar-refractivity contribution is 7.71. The molecule has 98 valence electrons. The second kappa shape index (κ2) is 4.66. The molecule has 0 saturated carbocycles. The minimum atomic E-state index is 0.776. The van der Waals surface area contributed by atoms with Crippen LogP contribution in [0.3, 0.4) is 0 Å². The van der Waals surface area contributed by atoms with Gasteiger partial charge < -0.3 is 14.1 Å². The van der Waals surface area contributed by atoms with E-state index in [2.05, 4.69) is 33.6 Å². The van der Waals surface area contributed by atoms with E-state index in [1.807, 2.05) is 30.1 Å². The third kappa shape index (κ3) is 2.10. The van der Waals surface area contributed by atoms with Crippen LogP contribution in [0.5, 0.6) is 0 Å². The van der Waals surface area contributed by atoms with Crippen LogP contribution in [0.2, 0.25) is 0 Å². The maximum Gasteiger partial charge on any atom is 0.178 e. The smallest absolute Gasteiger partial charge is 0.178 e. The lowest BCUT2D eigenvalue weighted by atomic mass is 10.2. The lowest BCUT2D eigenvalue weighted by Gasteiger charge is -2.06. The lowest BCUT2D eigenvalue weighted by molar-refractivity contribution is 0.657. The number of imidazole rings is 2. The number of hydrogen-bond donors (Lipinski definition) is 1. The molecule has 19 heavy (non-hydrogen) atoms. The van der Waals surface area contributed by atoms with Gasteiger partial charge >= 0.3 is 0 Å². The molecule has 0 aliphatic rings. The Morgan fingerprint density at radius 2 is 2.21 bits per heavy atom. The average Bonchev–Trinajstić information content (AvgIpc) is 2.91. The Labute approximate surface area is 116 Å². The highest BCUT2D eigenvalue weighted by Crippen LogP contribution is 2.18. The van der Waals surface area contributed by atoms with Crippen molar-refractivity contribution >= 4 is 23.3 Å². The van der Waals surface area contributed by atoms with E-state index < -0.39 is 0 Å². The Kier molecular flexibility index (Phi) is 2.98. The van der Waals surface area contributed by atoms with E-state index in [4.69, 9.17) is 12.2 Å². The van der Waals surface area contributed by atoms with Crippen molar-refractivity contribution in [3.63, 3.8) is 0 Å². The van der Waals surface area contributed by atoms with E-state index in [9.17, 15) is 0 Å². The third-order valence-electron chi connectivity index (χ3n) is 3.47. The van der Waals surface area contributed by atoms with Gasteiger partial charge in [0.1, 0.15) is 5.82 Å². The van der Waals surface area contributed by atoms with Gasteiger partial charge in [-0.2, -0.15) is 0 Å². The van der Waals surface area contributed by atoms with Crippen LogP contribution in [0.1, 0.15) is 11.4 Å². The third-order valence-corrected chi connectivity index (χ3v) is 3.80. The second-order valence-corrected chi connectivity index (χ2v) is 5.14. The molecule has 0 fully saturated rings. The summed E-state index contributed by atoms with van der Waals surface area (Å²) in [5.41, 5.74) is 3.54. The van der Waals surface area contributed by atoms with Crippen LogP contribution in [0.15, 0.2) is 30.6 Å². The molecule has 2 aromatic heterocycles. The predicted molar refractivity (Wildman–Crippen MR) is 78.8 cm³/mol. The van der Waals surface area contributed by atoms with E-state index in [-0.39, 0.29) is 0 Å². The van der Waals surface area contributed by atoms with Gasteiger partial charge in [-0.15, -0.1) is 0 Å². The minimum Gasteiger partial charge on any atom is -0.338 e. The van der Waals surface area contributed by atoms with Crippen LogP contribution in [0.4, 0.5) is 0 Å². The zero-order chi connectivity index (χ0) is 13.4. The quantitative estimate of drug-likeness (QED) is 0.744. The highest BCUT2D eigenvalue weighted by atomic mass is 32.1. The number of fused-ring (bicyclic) bond motifs is 1. The van der Waals surface area contributed by atoms with Crippen molar-refractivity contribution in [3.05, 3.63) is 46.8 Å². The standard InChI is InChI=1S/C14H16N4S/c1-10-4-3-5-11-13(10)18(14(19)16-11)8-6-12-15-7-9-17(12)2/h3-5,7,9H,6,8H2,1-2H3,(H,16,19).